The second-order valence-electron chi connectivity index (χ2n) is 7.77. The molecule has 0 N–H and O–H groups in total. The fourth-order valence-corrected chi connectivity index (χ4v) is 4.00. The lowest BCUT2D eigenvalue weighted by molar-refractivity contribution is 0.475. The van der Waals surface area contributed by atoms with Crippen molar-refractivity contribution in [3.8, 4) is 0 Å². The summed E-state index contributed by atoms with van der Waals surface area (Å²) in [5.41, 5.74) is 7.85. The van der Waals surface area contributed by atoms with E-state index in [4.69, 9.17) is 7.85 Å². The third-order valence-corrected chi connectivity index (χ3v) is 5.42. The van der Waals surface area contributed by atoms with Crippen LogP contribution in [0.25, 0.3) is 5.57 Å². The fraction of sp³-hybridized carbons (Fsp3) is 0.462. The van der Waals surface area contributed by atoms with E-state index in [0.717, 1.165) is 5.46 Å². The van der Waals surface area contributed by atoms with Crippen LogP contribution in [-0.4, -0.2) is 7.85 Å². The van der Waals surface area contributed by atoms with E-state index in [1.54, 1.807) is 5.57 Å². The molecule has 2 aromatic carbocycles. The third kappa shape index (κ3) is 6.13. The molecule has 0 nitrogen and oxygen atoms in total. The Bertz CT molecular complexity index is 659. The molecule has 0 amide bonds. The molecule has 0 aliphatic carbocycles. The molecule has 1 atom stereocenters. The van der Waals surface area contributed by atoms with Gasteiger partial charge in [0.1, 0.15) is 7.85 Å². The number of aryl methyl sites for hydroxylation is 1. The molecule has 2 aromatic rings. The van der Waals surface area contributed by atoms with Gasteiger partial charge in [0.25, 0.3) is 0 Å². The van der Waals surface area contributed by atoms with Gasteiger partial charge in [-0.3, -0.25) is 0 Å². The Morgan fingerprint density at radius 2 is 1.37 bits per heavy atom. The van der Waals surface area contributed by atoms with Crippen LogP contribution in [0.4, 0.5) is 0 Å². The first-order valence-corrected chi connectivity index (χ1v) is 10.8. The predicted molar refractivity (Wildman–Crippen MR) is 122 cm³/mol. The van der Waals surface area contributed by atoms with E-state index < -0.39 is 0 Å². The summed E-state index contributed by atoms with van der Waals surface area (Å²) < 4.78 is 0. The summed E-state index contributed by atoms with van der Waals surface area (Å²) in [6.07, 6.45) is 8.74. The van der Waals surface area contributed by atoms with Crippen molar-refractivity contribution in [2.75, 3.05) is 0 Å². The fourth-order valence-electron chi connectivity index (χ4n) is 4.00. The Balaban J connectivity index is 2.65. The van der Waals surface area contributed by atoms with Gasteiger partial charge in [-0.1, -0.05) is 112 Å². The zero-order chi connectivity index (χ0) is 19.6. The Kier molecular flexibility index (Phi) is 8.91. The summed E-state index contributed by atoms with van der Waals surface area (Å²) in [4.78, 5) is 0. The van der Waals surface area contributed by atoms with Crippen LogP contribution in [-0.2, 0) is 0 Å². The highest BCUT2D eigenvalue weighted by atomic mass is 14.2. The molecule has 1 unspecified atom stereocenters. The molecule has 2 radical (unpaired) electrons. The van der Waals surface area contributed by atoms with Crippen molar-refractivity contribution in [2.45, 2.75) is 72.6 Å². The largest absolute Gasteiger partial charge is 0.113 e. The summed E-state index contributed by atoms with van der Waals surface area (Å²) >= 11 is 0. The van der Waals surface area contributed by atoms with Crippen LogP contribution in [0.15, 0.2) is 54.1 Å². The van der Waals surface area contributed by atoms with Crippen LogP contribution < -0.4 is 5.46 Å². The Labute approximate surface area is 168 Å². The normalized spacial score (nSPS) is 13.3. The van der Waals surface area contributed by atoms with E-state index in [1.807, 2.05) is 12.1 Å². The number of hydrogen-bond acceptors (Lipinski definition) is 0. The summed E-state index contributed by atoms with van der Waals surface area (Å²) in [7, 11) is 5.98. The van der Waals surface area contributed by atoms with Gasteiger partial charge in [-0.05, 0) is 48.8 Å². The predicted octanol–water partition coefficient (Wildman–Crippen LogP) is 7.00. The number of rotatable bonds is 10. The van der Waals surface area contributed by atoms with Gasteiger partial charge in [0.15, 0.2) is 0 Å². The average molecular weight is 358 g/mol. The van der Waals surface area contributed by atoms with Gasteiger partial charge in [-0.15, -0.1) is 0 Å². The smallest absolute Gasteiger partial charge is 0.0966 e. The molecule has 27 heavy (non-hydrogen) atoms. The highest BCUT2D eigenvalue weighted by Gasteiger charge is 2.19. The van der Waals surface area contributed by atoms with Crippen molar-refractivity contribution >= 4 is 18.9 Å². The van der Waals surface area contributed by atoms with Crippen LogP contribution in [0.3, 0.4) is 0 Å². The van der Waals surface area contributed by atoms with Gasteiger partial charge >= 0.3 is 0 Å². The highest BCUT2D eigenvalue weighted by molar-refractivity contribution is 6.32. The van der Waals surface area contributed by atoms with Crippen molar-refractivity contribution in [1.82, 2.24) is 0 Å². The first-order chi connectivity index (χ1) is 13.1. The lowest BCUT2D eigenvalue weighted by atomic mass is 9.79. The Morgan fingerprint density at radius 3 is 1.89 bits per heavy atom. The molecule has 0 aliphatic heterocycles. The maximum Gasteiger partial charge on any atom is 0.113 e. The number of allylic oxidation sites excluding steroid dienone is 1. The number of hydrogen-bond donors (Lipinski definition) is 0. The second kappa shape index (κ2) is 11.2. The van der Waals surface area contributed by atoms with Crippen LogP contribution >= 0.6 is 0 Å². The molecule has 1 heteroatoms. The first-order valence-electron chi connectivity index (χ1n) is 10.8. The minimum Gasteiger partial charge on any atom is -0.0966 e. The SMILES string of the molecule is [B]c1ccc(/C(=C(\CCC)C(CCC)CCCC)c2ccc(C)cc2)cc1. The minimum absolute atomic E-state index is 0.670. The standard InChI is InChI=1S/C26H35B/c1-5-8-11-21(9-6-2)25(10-7-3)26(22-14-12-20(4)13-15-22)23-16-18-24(27)19-17-23/h12-19,21H,5-11H2,1-4H3/b26-25+. The molecule has 142 valence electrons. The van der Waals surface area contributed by atoms with Crippen molar-refractivity contribution < 1.29 is 0 Å². The summed E-state index contributed by atoms with van der Waals surface area (Å²) in [5.74, 6) is 0.670. The molecule has 0 bridgehead atoms. The summed E-state index contributed by atoms with van der Waals surface area (Å²) in [5, 5.41) is 0. The molecule has 0 aromatic heterocycles. The molecular formula is C26H35B. The monoisotopic (exact) mass is 358 g/mol. The number of unbranched alkanes of at least 4 members (excludes halogenated alkanes) is 1. The van der Waals surface area contributed by atoms with Gasteiger partial charge < -0.3 is 0 Å². The maximum absolute atomic E-state index is 5.98. The van der Waals surface area contributed by atoms with Gasteiger partial charge in [0.05, 0.1) is 0 Å². The molecule has 0 heterocycles. The van der Waals surface area contributed by atoms with E-state index in [1.165, 1.54) is 67.2 Å². The van der Waals surface area contributed by atoms with Gasteiger partial charge in [0.2, 0.25) is 0 Å². The Hall–Kier alpha value is -1.76. The van der Waals surface area contributed by atoms with Crippen molar-refractivity contribution in [2.24, 2.45) is 5.92 Å². The van der Waals surface area contributed by atoms with Crippen molar-refractivity contribution in [3.63, 3.8) is 0 Å². The summed E-state index contributed by atoms with van der Waals surface area (Å²) in [6.45, 7) is 9.08. The average Bonchev–Trinajstić information content (AvgIpc) is 2.67. The zero-order valence-electron chi connectivity index (χ0n) is 17.7. The zero-order valence-corrected chi connectivity index (χ0v) is 17.7. The van der Waals surface area contributed by atoms with E-state index in [-0.39, 0.29) is 0 Å². The van der Waals surface area contributed by atoms with Gasteiger partial charge in [-0.25, -0.2) is 0 Å². The van der Waals surface area contributed by atoms with Crippen molar-refractivity contribution in [1.29, 1.82) is 0 Å². The molecule has 0 spiro atoms. The van der Waals surface area contributed by atoms with Crippen LogP contribution in [0.2, 0.25) is 0 Å². The van der Waals surface area contributed by atoms with Gasteiger partial charge in [-0.2, -0.15) is 0 Å². The van der Waals surface area contributed by atoms with E-state index in [0.29, 0.717) is 5.92 Å². The van der Waals surface area contributed by atoms with E-state index >= 15 is 0 Å². The molecule has 0 fully saturated rings. The number of benzene rings is 2. The quantitative estimate of drug-likeness (QED) is 0.401. The molecular weight excluding hydrogens is 323 g/mol. The molecule has 0 saturated heterocycles. The molecule has 0 saturated carbocycles. The van der Waals surface area contributed by atoms with Gasteiger partial charge in [0, 0.05) is 0 Å². The second-order valence-corrected chi connectivity index (χ2v) is 7.77. The third-order valence-electron chi connectivity index (χ3n) is 5.42. The lowest BCUT2D eigenvalue weighted by Crippen LogP contribution is -2.09. The van der Waals surface area contributed by atoms with Crippen LogP contribution in [0, 0.1) is 12.8 Å². The maximum atomic E-state index is 5.98. The summed E-state index contributed by atoms with van der Waals surface area (Å²) in [6, 6.07) is 17.5. The molecule has 2 rings (SSSR count). The highest BCUT2D eigenvalue weighted by Crippen LogP contribution is 2.37. The van der Waals surface area contributed by atoms with Crippen LogP contribution in [0.1, 0.15) is 82.4 Å². The van der Waals surface area contributed by atoms with E-state index in [9.17, 15) is 0 Å². The molecule has 0 aliphatic rings. The van der Waals surface area contributed by atoms with Crippen LogP contribution in [0.5, 0.6) is 0 Å². The topological polar surface area (TPSA) is 0 Å². The lowest BCUT2D eigenvalue weighted by Gasteiger charge is -2.25. The Morgan fingerprint density at radius 1 is 0.778 bits per heavy atom. The van der Waals surface area contributed by atoms with Crippen molar-refractivity contribution in [3.05, 3.63) is 70.8 Å². The first kappa shape index (κ1) is 21.5. The minimum atomic E-state index is 0.670. The van der Waals surface area contributed by atoms with E-state index in [2.05, 4.69) is 64.1 Å².